The largest absolute Gasteiger partial charge is 0.500 e. The van der Waals surface area contributed by atoms with Crippen LogP contribution in [0.2, 0.25) is 0 Å². The van der Waals surface area contributed by atoms with Crippen molar-refractivity contribution in [3.63, 3.8) is 0 Å². The number of benzene rings is 2. The Balaban J connectivity index is 1.82. The van der Waals surface area contributed by atoms with Crippen molar-refractivity contribution in [3.05, 3.63) is 81.3 Å². The van der Waals surface area contributed by atoms with Crippen LogP contribution >= 0.6 is 0 Å². The predicted octanol–water partition coefficient (Wildman–Crippen LogP) is 6.34. The number of hydrogen-bond acceptors (Lipinski definition) is 2. The van der Waals surface area contributed by atoms with Crippen LogP contribution in [0.1, 0.15) is 65.5 Å². The summed E-state index contributed by atoms with van der Waals surface area (Å²) in [5.41, 5.74) is 10.7. The molecule has 140 valence electrons. The lowest BCUT2D eigenvalue weighted by atomic mass is 9.85. The summed E-state index contributed by atoms with van der Waals surface area (Å²) >= 11 is 0. The quantitative estimate of drug-likeness (QED) is 0.633. The van der Waals surface area contributed by atoms with Crippen LogP contribution in [0, 0.1) is 13.8 Å². The summed E-state index contributed by atoms with van der Waals surface area (Å²) in [5, 5.41) is 0. The van der Waals surface area contributed by atoms with E-state index in [9.17, 15) is 0 Å². The molecule has 0 saturated heterocycles. The van der Waals surface area contributed by atoms with Crippen molar-refractivity contribution in [2.24, 2.45) is 0 Å². The summed E-state index contributed by atoms with van der Waals surface area (Å²) in [6, 6.07) is 13.2. The summed E-state index contributed by atoms with van der Waals surface area (Å²) in [5.74, 6) is 2.74. The number of hydrogen-bond donors (Lipinski definition) is 0. The number of fused-ring (bicyclic) bond motifs is 2. The van der Waals surface area contributed by atoms with Crippen LogP contribution in [-0.2, 0) is 9.47 Å². The summed E-state index contributed by atoms with van der Waals surface area (Å²) in [6.45, 7) is 8.76. The maximum Gasteiger partial charge on any atom is 0.107 e. The van der Waals surface area contributed by atoms with Crippen LogP contribution in [0.4, 0.5) is 0 Å². The first-order valence-corrected chi connectivity index (χ1v) is 9.68. The lowest BCUT2D eigenvalue weighted by molar-refractivity contribution is 0.242. The maximum atomic E-state index is 5.91. The smallest absolute Gasteiger partial charge is 0.107 e. The van der Waals surface area contributed by atoms with E-state index >= 15 is 0 Å². The Morgan fingerprint density at radius 2 is 1.07 bits per heavy atom. The van der Waals surface area contributed by atoms with Crippen LogP contribution in [0.5, 0.6) is 0 Å². The van der Waals surface area contributed by atoms with Crippen LogP contribution in [0.25, 0.3) is 11.1 Å². The molecular formula is C25H28O2. The molecule has 0 N–H and O–H groups in total. The fourth-order valence-corrected chi connectivity index (χ4v) is 5.33. The number of rotatable bonds is 4. The molecule has 0 aromatic heterocycles. The molecule has 0 fully saturated rings. The highest BCUT2D eigenvalue weighted by Crippen LogP contribution is 2.52. The molecule has 0 saturated carbocycles. The summed E-state index contributed by atoms with van der Waals surface area (Å²) in [6.07, 6.45) is 0.966. The fraction of sp³-hybridized carbons (Fsp3) is 0.360. The zero-order valence-corrected chi connectivity index (χ0v) is 17.1. The van der Waals surface area contributed by atoms with Gasteiger partial charge in [0.25, 0.3) is 0 Å². The lowest BCUT2D eigenvalue weighted by Gasteiger charge is -2.23. The first-order chi connectivity index (χ1) is 13.0. The molecule has 2 aliphatic rings. The van der Waals surface area contributed by atoms with Crippen molar-refractivity contribution < 1.29 is 9.47 Å². The molecule has 2 aromatic carbocycles. The van der Waals surface area contributed by atoms with E-state index in [4.69, 9.17) is 9.47 Å². The van der Waals surface area contributed by atoms with E-state index in [2.05, 4.69) is 64.1 Å². The third-order valence-electron chi connectivity index (χ3n) is 6.39. The average Bonchev–Trinajstić information content (AvgIpc) is 3.08. The molecule has 2 atom stereocenters. The van der Waals surface area contributed by atoms with Crippen LogP contribution in [0.3, 0.4) is 0 Å². The van der Waals surface area contributed by atoms with Gasteiger partial charge < -0.3 is 9.47 Å². The van der Waals surface area contributed by atoms with E-state index in [1.165, 1.54) is 44.5 Å². The first kappa shape index (κ1) is 17.9. The van der Waals surface area contributed by atoms with Gasteiger partial charge in [-0.2, -0.15) is 0 Å². The minimum Gasteiger partial charge on any atom is -0.500 e. The molecule has 2 unspecified atom stereocenters. The Morgan fingerprint density at radius 1 is 0.667 bits per heavy atom. The molecular weight excluding hydrogens is 332 g/mol. The third kappa shape index (κ3) is 2.54. The van der Waals surface area contributed by atoms with Crippen LogP contribution < -0.4 is 0 Å². The number of aryl methyl sites for hydroxylation is 2. The van der Waals surface area contributed by atoms with Gasteiger partial charge in [0.2, 0.25) is 0 Å². The fourth-order valence-electron chi connectivity index (χ4n) is 5.33. The van der Waals surface area contributed by atoms with Gasteiger partial charge in [-0.05, 0) is 78.6 Å². The molecule has 27 heavy (non-hydrogen) atoms. The van der Waals surface area contributed by atoms with Gasteiger partial charge in [0.15, 0.2) is 0 Å². The van der Waals surface area contributed by atoms with Gasteiger partial charge in [0.05, 0.1) is 14.2 Å². The van der Waals surface area contributed by atoms with Crippen LogP contribution in [-0.4, -0.2) is 14.2 Å². The van der Waals surface area contributed by atoms with E-state index in [1.807, 2.05) is 0 Å². The zero-order chi connectivity index (χ0) is 19.3. The van der Waals surface area contributed by atoms with Crippen molar-refractivity contribution in [1.29, 1.82) is 0 Å². The summed E-state index contributed by atoms with van der Waals surface area (Å²) in [4.78, 5) is 0. The molecule has 0 aliphatic heterocycles. The van der Waals surface area contributed by atoms with E-state index < -0.39 is 0 Å². The average molecular weight is 360 g/mol. The SMILES string of the molecule is COC1=C(C)c2c(C)cccc2C1CC1C(OC)=C(C)c2c(C)cccc21. The van der Waals surface area contributed by atoms with Gasteiger partial charge in [0, 0.05) is 11.8 Å². The molecule has 2 aliphatic carbocycles. The molecule has 0 bridgehead atoms. The van der Waals surface area contributed by atoms with Gasteiger partial charge in [-0.15, -0.1) is 0 Å². The van der Waals surface area contributed by atoms with E-state index in [0.717, 1.165) is 17.9 Å². The monoisotopic (exact) mass is 360 g/mol. The van der Waals surface area contributed by atoms with Gasteiger partial charge in [-0.25, -0.2) is 0 Å². The Bertz CT molecular complexity index is 898. The molecule has 0 spiro atoms. The topological polar surface area (TPSA) is 18.5 Å². The molecule has 4 rings (SSSR count). The van der Waals surface area contributed by atoms with Gasteiger partial charge in [0.1, 0.15) is 11.5 Å². The predicted molar refractivity (Wildman–Crippen MR) is 112 cm³/mol. The van der Waals surface area contributed by atoms with Crippen molar-refractivity contribution >= 4 is 11.1 Å². The second-order valence-corrected chi connectivity index (χ2v) is 7.81. The third-order valence-corrected chi connectivity index (χ3v) is 6.39. The molecule has 2 aromatic rings. The second kappa shape index (κ2) is 6.60. The number of methoxy groups -OCH3 is 2. The molecule has 0 amide bonds. The van der Waals surface area contributed by atoms with E-state index in [0.29, 0.717) is 0 Å². The van der Waals surface area contributed by atoms with Gasteiger partial charge in [-0.3, -0.25) is 0 Å². The van der Waals surface area contributed by atoms with Gasteiger partial charge >= 0.3 is 0 Å². The van der Waals surface area contributed by atoms with Crippen molar-refractivity contribution in [2.45, 2.75) is 46.0 Å². The molecule has 0 heterocycles. The highest BCUT2D eigenvalue weighted by atomic mass is 16.5. The molecule has 2 heteroatoms. The maximum absolute atomic E-state index is 5.91. The Labute approximate surface area is 162 Å². The minimum absolute atomic E-state index is 0.263. The highest BCUT2D eigenvalue weighted by Gasteiger charge is 2.38. The first-order valence-electron chi connectivity index (χ1n) is 9.68. The summed E-state index contributed by atoms with van der Waals surface area (Å²) in [7, 11) is 3.61. The molecule has 2 nitrogen and oxygen atoms in total. The summed E-state index contributed by atoms with van der Waals surface area (Å²) < 4.78 is 11.8. The van der Waals surface area contributed by atoms with Crippen molar-refractivity contribution in [2.75, 3.05) is 14.2 Å². The van der Waals surface area contributed by atoms with Crippen molar-refractivity contribution in [1.82, 2.24) is 0 Å². The zero-order valence-electron chi connectivity index (χ0n) is 17.1. The molecule has 0 radical (unpaired) electrons. The van der Waals surface area contributed by atoms with Crippen molar-refractivity contribution in [3.8, 4) is 0 Å². The van der Waals surface area contributed by atoms with E-state index in [-0.39, 0.29) is 11.8 Å². The Morgan fingerprint density at radius 3 is 1.44 bits per heavy atom. The number of ether oxygens (including phenoxy) is 2. The van der Waals surface area contributed by atoms with E-state index in [1.54, 1.807) is 14.2 Å². The standard InChI is InChI=1S/C25H28O2/c1-14-9-7-11-18-20(24(26-5)16(3)22(14)18)13-21-19-12-8-10-15(2)23(19)17(4)25(21)27-6/h7-12,20-21H,13H2,1-6H3. The minimum atomic E-state index is 0.263. The second-order valence-electron chi connectivity index (χ2n) is 7.81. The normalized spacial score (nSPS) is 20.8. The number of allylic oxidation sites excluding steroid dienone is 4. The lowest BCUT2D eigenvalue weighted by Crippen LogP contribution is -2.10. The highest BCUT2D eigenvalue weighted by molar-refractivity contribution is 5.80. The Hall–Kier alpha value is -2.48. The van der Waals surface area contributed by atoms with Gasteiger partial charge in [-0.1, -0.05) is 36.4 Å². The Kier molecular flexibility index (Phi) is 4.38. The van der Waals surface area contributed by atoms with Crippen LogP contribution in [0.15, 0.2) is 47.9 Å².